The maximum Gasteiger partial charge on any atom is 0.408 e. The van der Waals surface area contributed by atoms with E-state index in [1.165, 1.54) is 0 Å². The number of fused-ring (bicyclic) bond motifs is 1. The predicted octanol–water partition coefficient (Wildman–Crippen LogP) is 8.40. The molecule has 0 fully saturated rings. The van der Waals surface area contributed by atoms with Crippen molar-refractivity contribution in [2.24, 2.45) is 15.8 Å². The van der Waals surface area contributed by atoms with Gasteiger partial charge >= 0.3 is 6.09 Å². The lowest BCUT2D eigenvalue weighted by atomic mass is 9.82. The van der Waals surface area contributed by atoms with Crippen molar-refractivity contribution in [3.8, 4) is 23.1 Å². The molecule has 4 rings (SSSR count). The Kier molecular flexibility index (Phi) is 8.23. The Bertz CT molecular complexity index is 1560. The van der Waals surface area contributed by atoms with Crippen LogP contribution in [0.1, 0.15) is 93.0 Å². The zero-order valence-electron chi connectivity index (χ0n) is 26.2. The highest BCUT2D eigenvalue weighted by molar-refractivity contribution is 5.97. The van der Waals surface area contributed by atoms with Crippen molar-refractivity contribution in [3.05, 3.63) is 65.8 Å². The van der Waals surface area contributed by atoms with E-state index in [1.54, 1.807) is 0 Å². The van der Waals surface area contributed by atoms with Gasteiger partial charge in [0.05, 0.1) is 17.9 Å². The third-order valence-electron chi connectivity index (χ3n) is 7.44. The quantitative estimate of drug-likeness (QED) is 0.319. The Morgan fingerprint density at radius 1 is 0.951 bits per heavy atom. The van der Waals surface area contributed by atoms with E-state index in [-0.39, 0.29) is 16.9 Å². The topological polar surface area (TPSA) is 79.4 Å². The van der Waals surface area contributed by atoms with Gasteiger partial charge in [-0.25, -0.2) is 9.78 Å². The number of aromatic nitrogens is 2. The van der Waals surface area contributed by atoms with Crippen molar-refractivity contribution >= 4 is 22.6 Å². The summed E-state index contributed by atoms with van der Waals surface area (Å²) in [6, 6.07) is 12.5. The third-order valence-corrected chi connectivity index (χ3v) is 7.44. The molecule has 0 spiro atoms. The molecule has 1 aliphatic rings. The van der Waals surface area contributed by atoms with Crippen LogP contribution in [0.25, 0.3) is 22.0 Å². The number of hydrogen-bond donors (Lipinski definition) is 2. The van der Waals surface area contributed by atoms with E-state index in [0.717, 1.165) is 44.7 Å². The van der Waals surface area contributed by atoms with Crippen LogP contribution in [0.2, 0.25) is 0 Å². The van der Waals surface area contributed by atoms with E-state index in [2.05, 4.69) is 117 Å². The van der Waals surface area contributed by atoms with Gasteiger partial charge in [0.25, 0.3) is 0 Å². The van der Waals surface area contributed by atoms with Crippen LogP contribution in [0.4, 0.5) is 4.79 Å². The molecule has 6 nitrogen and oxygen atoms in total. The first-order chi connectivity index (χ1) is 19.0. The van der Waals surface area contributed by atoms with E-state index in [4.69, 9.17) is 4.74 Å². The fourth-order valence-corrected chi connectivity index (χ4v) is 4.68. The first kappa shape index (κ1) is 30.1. The summed E-state index contributed by atoms with van der Waals surface area (Å²) in [5.74, 6) is 7.94. The number of H-pyrrole nitrogens is 1. The smallest absolute Gasteiger partial charge is 0.408 e. The zero-order chi connectivity index (χ0) is 30.2. The largest absolute Gasteiger partial charge is 0.444 e. The highest BCUT2D eigenvalue weighted by atomic mass is 16.6. The van der Waals surface area contributed by atoms with Crippen LogP contribution in [0.5, 0.6) is 0 Å². The minimum atomic E-state index is -0.562. The number of rotatable bonds is 4. The average Bonchev–Trinajstić information content (AvgIpc) is 3.53. The van der Waals surface area contributed by atoms with E-state index >= 15 is 0 Å². The van der Waals surface area contributed by atoms with Crippen LogP contribution in [0.15, 0.2) is 59.4 Å². The lowest BCUT2D eigenvalue weighted by molar-refractivity contribution is 0.0491. The number of nitrogens with one attached hydrogen (secondary N) is 2. The Morgan fingerprint density at radius 2 is 1.63 bits per heavy atom. The summed E-state index contributed by atoms with van der Waals surface area (Å²) >= 11 is 0. The molecule has 0 aliphatic carbocycles. The van der Waals surface area contributed by atoms with Gasteiger partial charge in [0.2, 0.25) is 0 Å². The Hall–Kier alpha value is -3.85. The van der Waals surface area contributed by atoms with Crippen molar-refractivity contribution in [2.75, 3.05) is 0 Å². The molecule has 1 aromatic heterocycles. The molecule has 0 saturated heterocycles. The van der Waals surface area contributed by atoms with Crippen molar-refractivity contribution < 1.29 is 9.53 Å². The monoisotopic (exact) mass is 552 g/mol. The van der Waals surface area contributed by atoms with Crippen LogP contribution < -0.4 is 5.32 Å². The molecule has 2 aromatic carbocycles. The van der Waals surface area contributed by atoms with Crippen LogP contribution in [-0.2, 0) is 4.74 Å². The normalized spacial score (nSPS) is 15.5. The second kappa shape index (κ2) is 11.2. The van der Waals surface area contributed by atoms with Crippen molar-refractivity contribution in [2.45, 2.75) is 93.2 Å². The van der Waals surface area contributed by atoms with E-state index in [0.29, 0.717) is 12.3 Å². The molecule has 2 atom stereocenters. The first-order valence-electron chi connectivity index (χ1n) is 14.4. The highest BCUT2D eigenvalue weighted by Crippen LogP contribution is 2.34. The van der Waals surface area contributed by atoms with Crippen LogP contribution in [-0.4, -0.2) is 33.4 Å². The molecule has 1 aliphatic heterocycles. The van der Waals surface area contributed by atoms with E-state index in [9.17, 15) is 4.79 Å². The van der Waals surface area contributed by atoms with Gasteiger partial charge < -0.3 is 15.0 Å². The lowest BCUT2D eigenvalue weighted by Crippen LogP contribution is -2.50. The molecule has 6 heteroatoms. The molecule has 0 bridgehead atoms. The number of hydrogen-bond acceptors (Lipinski definition) is 4. The number of benzene rings is 2. The summed E-state index contributed by atoms with van der Waals surface area (Å²) in [7, 11) is 0. The molecule has 2 N–H and O–H groups in total. The number of aliphatic imine (C=N–C) groups is 1. The van der Waals surface area contributed by atoms with Gasteiger partial charge in [-0.3, -0.25) is 4.99 Å². The number of nitrogens with zero attached hydrogens (tertiary/aromatic N) is 2. The predicted molar refractivity (Wildman–Crippen MR) is 169 cm³/mol. The second-order valence-corrected chi connectivity index (χ2v) is 14.2. The minimum Gasteiger partial charge on any atom is -0.444 e. The Balaban J connectivity index is 1.45. The van der Waals surface area contributed by atoms with Gasteiger partial charge in [-0.05, 0) is 60.6 Å². The minimum absolute atomic E-state index is 0.142. The maximum absolute atomic E-state index is 12.5. The van der Waals surface area contributed by atoms with Crippen molar-refractivity contribution in [3.63, 3.8) is 0 Å². The number of ether oxygens (including phenoxy) is 1. The number of amides is 1. The van der Waals surface area contributed by atoms with Crippen LogP contribution in [0.3, 0.4) is 0 Å². The molecule has 2 heterocycles. The van der Waals surface area contributed by atoms with Crippen molar-refractivity contribution in [1.82, 2.24) is 15.3 Å². The number of alkyl carbamates (subject to hydrolysis) is 1. The standard InChI is InChI=1S/C35H44N4O2/c1-22(33(2,3)4)31-37-21-29(38-31)27-16-15-25-17-23(13-14-26(25)19-27)11-12-24-18-28(36-20-24)30(34(5,6)7)39-32(40)41-35(8,9)10/h13-17,19-22,30H,18H2,1-10H3,(H,37,38)(H,39,40)/t22-,30-/m1/s1. The van der Waals surface area contributed by atoms with Crippen LogP contribution in [0, 0.1) is 22.7 Å². The molecule has 216 valence electrons. The molecule has 0 saturated carbocycles. The second-order valence-electron chi connectivity index (χ2n) is 14.2. The van der Waals surface area contributed by atoms with E-state index < -0.39 is 11.7 Å². The van der Waals surface area contributed by atoms with Crippen molar-refractivity contribution in [1.29, 1.82) is 0 Å². The maximum atomic E-state index is 12.5. The third kappa shape index (κ3) is 7.67. The SMILES string of the molecule is C[C@H](c1ncc(-c2ccc3cc(C#CC4=CN=C([C@@H](NC(=O)OC(C)(C)C)C(C)(C)C)C4)ccc3c2)[nH]1)C(C)(C)C. The van der Waals surface area contributed by atoms with Crippen LogP contribution >= 0.6 is 0 Å². The number of allylic oxidation sites excluding steroid dienone is 1. The Morgan fingerprint density at radius 3 is 2.29 bits per heavy atom. The summed E-state index contributed by atoms with van der Waals surface area (Å²) in [6.45, 7) is 20.7. The summed E-state index contributed by atoms with van der Waals surface area (Å²) in [5, 5.41) is 5.31. The molecule has 0 unspecified atom stereocenters. The van der Waals surface area contributed by atoms with Gasteiger partial charge in [-0.2, -0.15) is 0 Å². The summed E-state index contributed by atoms with van der Waals surface area (Å²) in [4.78, 5) is 25.3. The van der Waals surface area contributed by atoms with Gasteiger partial charge in [0.15, 0.2) is 0 Å². The molecule has 0 radical (unpaired) electrons. The van der Waals surface area contributed by atoms with E-state index in [1.807, 2.05) is 33.2 Å². The molecular weight excluding hydrogens is 508 g/mol. The fourth-order valence-electron chi connectivity index (χ4n) is 4.68. The number of aromatic amines is 1. The summed E-state index contributed by atoms with van der Waals surface area (Å²) in [5.41, 5.74) is 4.25. The number of carbonyl (C=O) groups excluding carboxylic acids is 1. The van der Waals surface area contributed by atoms with Gasteiger partial charge in [-0.15, -0.1) is 0 Å². The van der Waals surface area contributed by atoms with Gasteiger partial charge in [0, 0.05) is 41.0 Å². The average molecular weight is 553 g/mol. The summed E-state index contributed by atoms with van der Waals surface area (Å²) in [6.07, 6.45) is 3.90. The highest BCUT2D eigenvalue weighted by Gasteiger charge is 2.33. The van der Waals surface area contributed by atoms with Gasteiger partial charge in [0.1, 0.15) is 11.4 Å². The molecule has 3 aromatic rings. The summed E-state index contributed by atoms with van der Waals surface area (Å²) < 4.78 is 5.49. The Labute approximate surface area is 245 Å². The molecule has 41 heavy (non-hydrogen) atoms. The number of imidazole rings is 1. The lowest BCUT2D eigenvalue weighted by Gasteiger charge is -2.32. The number of carbonyl (C=O) groups is 1. The molecule has 1 amide bonds. The zero-order valence-corrected chi connectivity index (χ0v) is 26.2. The fraction of sp³-hybridized carbons (Fsp3) is 0.457. The first-order valence-corrected chi connectivity index (χ1v) is 14.4. The van der Waals surface area contributed by atoms with Gasteiger partial charge in [-0.1, -0.05) is 78.5 Å². The molecular formula is C35H44N4O2.